The molecule has 1 aliphatic heterocycles. The average Bonchev–Trinajstić information content (AvgIpc) is 3.21. The number of benzene rings is 1. The normalized spacial score (nSPS) is 16.1. The van der Waals surface area contributed by atoms with Gasteiger partial charge in [-0.2, -0.15) is 18.3 Å². The summed E-state index contributed by atoms with van der Waals surface area (Å²) in [4.78, 5) is 21.6. The number of nitrogens with one attached hydrogen (secondary N) is 1. The molecule has 0 aliphatic carbocycles. The third-order valence-corrected chi connectivity index (χ3v) is 5.90. The molecule has 0 fully saturated rings. The maximum atomic E-state index is 13.5. The summed E-state index contributed by atoms with van der Waals surface area (Å²) < 4.78 is 46.4. The Labute approximate surface area is 191 Å². The fraction of sp³-hybridized carbons (Fsp3) is 0.273. The predicted octanol–water partition coefficient (Wildman–Crippen LogP) is 2.97. The molecule has 34 heavy (non-hydrogen) atoms. The molecule has 4 heterocycles. The van der Waals surface area contributed by atoms with Gasteiger partial charge < -0.3 is 10.5 Å². The van der Waals surface area contributed by atoms with Crippen LogP contribution in [0.2, 0.25) is 0 Å². The Morgan fingerprint density at radius 3 is 2.76 bits per heavy atom. The molecular formula is C22H20F3N7O2. The zero-order chi connectivity index (χ0) is 24.2. The fourth-order valence-electron chi connectivity index (χ4n) is 4.29. The van der Waals surface area contributed by atoms with Gasteiger partial charge in [-0.1, -0.05) is 6.07 Å². The molecule has 0 saturated heterocycles. The Balaban J connectivity index is 1.55. The van der Waals surface area contributed by atoms with Gasteiger partial charge in [-0.15, -0.1) is 0 Å². The first-order valence-electron chi connectivity index (χ1n) is 10.4. The van der Waals surface area contributed by atoms with Crippen LogP contribution in [-0.4, -0.2) is 44.3 Å². The second-order valence-corrected chi connectivity index (χ2v) is 7.92. The zero-order valence-corrected chi connectivity index (χ0v) is 18.2. The number of hydrazine groups is 1. The van der Waals surface area contributed by atoms with Crippen LogP contribution < -0.4 is 11.2 Å². The number of nitrogen functional groups attached to an aromatic ring is 1. The number of carbonyl (C=O) groups is 1. The number of aromatic nitrogens is 4. The van der Waals surface area contributed by atoms with Crippen molar-refractivity contribution in [1.29, 1.82) is 0 Å². The van der Waals surface area contributed by atoms with Crippen LogP contribution in [0.3, 0.4) is 0 Å². The first-order valence-corrected chi connectivity index (χ1v) is 10.4. The number of halogens is 3. The molecular weight excluding hydrogens is 451 g/mol. The van der Waals surface area contributed by atoms with Crippen LogP contribution in [0.15, 0.2) is 36.5 Å². The van der Waals surface area contributed by atoms with Crippen LogP contribution in [-0.2, 0) is 24.6 Å². The molecule has 12 heteroatoms. The van der Waals surface area contributed by atoms with E-state index in [0.29, 0.717) is 33.2 Å². The molecule has 9 nitrogen and oxygen atoms in total. The molecule has 4 aromatic rings. The third-order valence-electron chi connectivity index (χ3n) is 5.90. The van der Waals surface area contributed by atoms with Crippen molar-refractivity contribution < 1.29 is 22.7 Å². The summed E-state index contributed by atoms with van der Waals surface area (Å²) >= 11 is 0. The lowest BCUT2D eigenvalue weighted by Crippen LogP contribution is -2.46. The van der Waals surface area contributed by atoms with Gasteiger partial charge in [0.2, 0.25) is 0 Å². The molecule has 1 aliphatic rings. The second-order valence-electron chi connectivity index (χ2n) is 7.92. The van der Waals surface area contributed by atoms with Gasteiger partial charge in [-0.05, 0) is 24.3 Å². The minimum Gasteiger partial charge on any atom is -0.383 e. The van der Waals surface area contributed by atoms with Gasteiger partial charge >= 0.3 is 6.18 Å². The molecule has 3 aromatic heterocycles. The van der Waals surface area contributed by atoms with Gasteiger partial charge in [0, 0.05) is 30.6 Å². The highest BCUT2D eigenvalue weighted by molar-refractivity contribution is 6.10. The molecule has 0 spiro atoms. The molecule has 1 unspecified atom stereocenters. The number of pyridine rings is 2. The summed E-state index contributed by atoms with van der Waals surface area (Å²) in [6.07, 6.45) is -2.95. The van der Waals surface area contributed by atoms with Gasteiger partial charge in [0.05, 0.1) is 47.6 Å². The van der Waals surface area contributed by atoms with Crippen molar-refractivity contribution in [3.05, 3.63) is 59.0 Å². The topological polar surface area (TPSA) is 111 Å². The van der Waals surface area contributed by atoms with Gasteiger partial charge in [0.25, 0.3) is 5.91 Å². The Hall–Kier alpha value is -3.77. The minimum atomic E-state index is -4.57. The molecule has 0 saturated carbocycles. The van der Waals surface area contributed by atoms with E-state index in [1.165, 1.54) is 11.1 Å². The van der Waals surface area contributed by atoms with Gasteiger partial charge in [0.1, 0.15) is 11.5 Å². The van der Waals surface area contributed by atoms with E-state index in [-0.39, 0.29) is 18.9 Å². The number of alkyl halides is 3. The Bertz CT molecular complexity index is 1430. The average molecular weight is 471 g/mol. The van der Waals surface area contributed by atoms with Crippen molar-refractivity contribution in [2.45, 2.75) is 18.8 Å². The van der Waals surface area contributed by atoms with Crippen LogP contribution in [0.4, 0.5) is 19.0 Å². The van der Waals surface area contributed by atoms with Crippen molar-refractivity contribution in [3.8, 4) is 0 Å². The highest BCUT2D eigenvalue weighted by atomic mass is 19.4. The number of ether oxygens (including phenoxy) is 1. The summed E-state index contributed by atoms with van der Waals surface area (Å²) in [5.74, 6) is -0.0499. The summed E-state index contributed by atoms with van der Waals surface area (Å²) in [7, 11) is 3.33. The van der Waals surface area contributed by atoms with Crippen molar-refractivity contribution in [1.82, 2.24) is 30.2 Å². The van der Waals surface area contributed by atoms with Crippen LogP contribution in [0.1, 0.15) is 33.4 Å². The van der Waals surface area contributed by atoms with Gasteiger partial charge in [-0.25, -0.2) is 15.4 Å². The lowest BCUT2D eigenvalue weighted by molar-refractivity contribution is -0.141. The maximum absolute atomic E-state index is 13.5. The van der Waals surface area contributed by atoms with E-state index in [9.17, 15) is 18.0 Å². The molecule has 5 rings (SSSR count). The van der Waals surface area contributed by atoms with Crippen molar-refractivity contribution >= 4 is 33.5 Å². The van der Waals surface area contributed by atoms with Crippen LogP contribution in [0, 0.1) is 0 Å². The lowest BCUT2D eigenvalue weighted by Gasteiger charge is -2.34. The zero-order valence-electron chi connectivity index (χ0n) is 18.2. The standard InChI is InChI=1S/C22H20F3N7O2/c1-27-32(17-10-34-9-16-12(17)4-6-18(29-16)22(23,24)25)21(33)11-3-5-15-13(7-11)19-14(20(26)30-15)8-28-31(19)2/h3-8,17,27H,9-10H2,1-2H3,(H2,26,30). The quantitative estimate of drug-likeness (QED) is 0.442. The number of nitrogens with two attached hydrogens (primary N) is 1. The smallest absolute Gasteiger partial charge is 0.383 e. The highest BCUT2D eigenvalue weighted by Crippen LogP contribution is 2.34. The summed E-state index contributed by atoms with van der Waals surface area (Å²) in [5.41, 5.74) is 10.2. The third kappa shape index (κ3) is 3.51. The first kappa shape index (κ1) is 22.0. The predicted molar refractivity (Wildman–Crippen MR) is 117 cm³/mol. The number of amides is 1. The molecule has 0 radical (unpaired) electrons. The monoisotopic (exact) mass is 471 g/mol. The highest BCUT2D eigenvalue weighted by Gasteiger charge is 2.36. The summed E-state index contributed by atoms with van der Waals surface area (Å²) in [6.45, 7) is 0.0350. The van der Waals surface area contributed by atoms with E-state index in [1.54, 1.807) is 43.2 Å². The van der Waals surface area contributed by atoms with E-state index in [4.69, 9.17) is 10.5 Å². The van der Waals surface area contributed by atoms with Gasteiger partial charge in [-0.3, -0.25) is 14.5 Å². The van der Waals surface area contributed by atoms with E-state index in [1.807, 2.05) is 0 Å². The molecule has 1 aromatic carbocycles. The van der Waals surface area contributed by atoms with Crippen LogP contribution in [0.5, 0.6) is 0 Å². The first-order chi connectivity index (χ1) is 16.2. The maximum Gasteiger partial charge on any atom is 0.433 e. The number of aryl methyl sites for hydroxylation is 1. The molecule has 1 atom stereocenters. The Morgan fingerprint density at radius 2 is 2.03 bits per heavy atom. The lowest BCUT2D eigenvalue weighted by atomic mass is 10.0. The minimum absolute atomic E-state index is 0.0664. The number of fused-ring (bicyclic) bond motifs is 4. The molecule has 176 valence electrons. The van der Waals surface area contributed by atoms with E-state index in [0.717, 1.165) is 11.6 Å². The number of rotatable bonds is 3. The number of hydrogen-bond donors (Lipinski definition) is 2. The van der Waals surface area contributed by atoms with Crippen molar-refractivity contribution in [3.63, 3.8) is 0 Å². The fourth-order valence-corrected chi connectivity index (χ4v) is 4.29. The van der Waals surface area contributed by atoms with Crippen LogP contribution in [0.25, 0.3) is 21.8 Å². The van der Waals surface area contributed by atoms with Gasteiger partial charge in [0.15, 0.2) is 0 Å². The number of anilines is 1. The van der Waals surface area contributed by atoms with Crippen molar-refractivity contribution in [2.24, 2.45) is 7.05 Å². The molecule has 1 amide bonds. The molecule has 3 N–H and O–H groups in total. The second kappa shape index (κ2) is 7.92. The Kier molecular flexibility index (Phi) is 5.14. The number of hydrogen-bond acceptors (Lipinski definition) is 7. The van der Waals surface area contributed by atoms with E-state index < -0.39 is 23.8 Å². The van der Waals surface area contributed by atoms with Crippen molar-refractivity contribution in [2.75, 3.05) is 19.4 Å². The number of carbonyl (C=O) groups excluding carboxylic acids is 1. The summed E-state index contributed by atoms with van der Waals surface area (Å²) in [6, 6.07) is 6.62. The summed E-state index contributed by atoms with van der Waals surface area (Å²) in [5, 5.41) is 6.94. The van der Waals surface area contributed by atoms with E-state index >= 15 is 0 Å². The van der Waals surface area contributed by atoms with E-state index in [2.05, 4.69) is 20.5 Å². The SMILES string of the molecule is CNN(C(=O)c1ccc2nc(N)c3cnn(C)c3c2c1)C1COCc2nc(C(F)(F)F)ccc21. The molecule has 0 bridgehead atoms. The number of nitrogens with zero attached hydrogens (tertiary/aromatic N) is 5. The largest absolute Gasteiger partial charge is 0.433 e. The Morgan fingerprint density at radius 1 is 1.24 bits per heavy atom. The van der Waals surface area contributed by atoms with Crippen LogP contribution >= 0.6 is 0 Å².